The molecule has 0 bridgehead atoms. The Hall–Kier alpha value is -2.13. The lowest BCUT2D eigenvalue weighted by molar-refractivity contribution is -0.117. The SMILES string of the molecule is CCc1ccc(N(C)C(=O)Cc2ccccc2CN)cc1. The predicted molar refractivity (Wildman–Crippen MR) is 87.3 cm³/mol. The molecular weight excluding hydrogens is 260 g/mol. The monoisotopic (exact) mass is 282 g/mol. The molecule has 2 N–H and O–H groups in total. The van der Waals surface area contributed by atoms with Crippen molar-refractivity contribution in [2.24, 2.45) is 5.73 Å². The molecule has 2 aromatic carbocycles. The van der Waals surface area contributed by atoms with Crippen LogP contribution in [0.15, 0.2) is 48.5 Å². The van der Waals surface area contributed by atoms with Gasteiger partial charge in [0.25, 0.3) is 0 Å². The Morgan fingerprint density at radius 1 is 1.05 bits per heavy atom. The van der Waals surface area contributed by atoms with E-state index in [1.165, 1.54) is 5.56 Å². The largest absolute Gasteiger partial charge is 0.326 e. The predicted octanol–water partition coefficient (Wildman–Crippen LogP) is 2.91. The number of carbonyl (C=O) groups is 1. The van der Waals surface area contributed by atoms with Crippen LogP contribution in [0.2, 0.25) is 0 Å². The minimum Gasteiger partial charge on any atom is -0.326 e. The molecule has 0 aliphatic heterocycles. The van der Waals surface area contributed by atoms with Crippen LogP contribution in [0.25, 0.3) is 0 Å². The summed E-state index contributed by atoms with van der Waals surface area (Å²) in [5, 5.41) is 0. The molecule has 0 heterocycles. The molecule has 110 valence electrons. The highest BCUT2D eigenvalue weighted by Crippen LogP contribution is 2.17. The number of hydrogen-bond donors (Lipinski definition) is 1. The van der Waals surface area contributed by atoms with Crippen LogP contribution < -0.4 is 10.6 Å². The molecule has 0 aromatic heterocycles. The van der Waals surface area contributed by atoms with Crippen LogP contribution in [0.3, 0.4) is 0 Å². The van der Waals surface area contributed by atoms with Crippen molar-refractivity contribution < 1.29 is 4.79 Å². The van der Waals surface area contributed by atoms with Crippen molar-refractivity contribution in [3.63, 3.8) is 0 Å². The van der Waals surface area contributed by atoms with Crippen molar-refractivity contribution in [1.82, 2.24) is 0 Å². The number of likely N-dealkylation sites (N-methyl/N-ethyl adjacent to an activating group) is 1. The van der Waals surface area contributed by atoms with E-state index in [-0.39, 0.29) is 5.91 Å². The minimum absolute atomic E-state index is 0.0696. The molecule has 2 aromatic rings. The summed E-state index contributed by atoms with van der Waals surface area (Å²) in [6.07, 6.45) is 1.38. The zero-order chi connectivity index (χ0) is 15.2. The van der Waals surface area contributed by atoms with Crippen molar-refractivity contribution in [1.29, 1.82) is 0 Å². The van der Waals surface area contributed by atoms with E-state index < -0.39 is 0 Å². The molecule has 0 unspecified atom stereocenters. The van der Waals surface area contributed by atoms with E-state index in [4.69, 9.17) is 5.73 Å². The summed E-state index contributed by atoms with van der Waals surface area (Å²) < 4.78 is 0. The van der Waals surface area contributed by atoms with Crippen molar-refractivity contribution >= 4 is 11.6 Å². The molecule has 21 heavy (non-hydrogen) atoms. The first-order valence-electron chi connectivity index (χ1n) is 7.28. The molecule has 2 rings (SSSR count). The lowest BCUT2D eigenvalue weighted by Crippen LogP contribution is -2.28. The summed E-state index contributed by atoms with van der Waals surface area (Å²) in [5.74, 6) is 0.0696. The number of rotatable bonds is 5. The average molecular weight is 282 g/mol. The van der Waals surface area contributed by atoms with E-state index in [9.17, 15) is 4.79 Å². The van der Waals surface area contributed by atoms with Crippen molar-refractivity contribution in [2.75, 3.05) is 11.9 Å². The van der Waals surface area contributed by atoms with Crippen molar-refractivity contribution in [3.05, 3.63) is 65.2 Å². The number of hydrogen-bond acceptors (Lipinski definition) is 2. The molecule has 0 atom stereocenters. The van der Waals surface area contributed by atoms with Gasteiger partial charge in [-0.05, 0) is 35.2 Å². The van der Waals surface area contributed by atoms with Gasteiger partial charge in [0.15, 0.2) is 0 Å². The number of nitrogens with two attached hydrogens (primary N) is 1. The van der Waals surface area contributed by atoms with Gasteiger partial charge in [-0.2, -0.15) is 0 Å². The molecule has 0 aliphatic carbocycles. The van der Waals surface area contributed by atoms with Crippen molar-refractivity contribution in [2.45, 2.75) is 26.3 Å². The van der Waals surface area contributed by atoms with Gasteiger partial charge in [0, 0.05) is 19.3 Å². The van der Waals surface area contributed by atoms with Crippen LogP contribution in [0.5, 0.6) is 0 Å². The Morgan fingerprint density at radius 3 is 2.24 bits per heavy atom. The number of amides is 1. The highest BCUT2D eigenvalue weighted by molar-refractivity contribution is 5.94. The van der Waals surface area contributed by atoms with E-state index in [1.54, 1.807) is 4.90 Å². The van der Waals surface area contributed by atoms with Crippen LogP contribution in [0.4, 0.5) is 5.69 Å². The van der Waals surface area contributed by atoms with E-state index in [0.29, 0.717) is 13.0 Å². The first-order chi connectivity index (χ1) is 10.2. The number of nitrogens with zero attached hydrogens (tertiary/aromatic N) is 1. The normalized spacial score (nSPS) is 10.4. The van der Waals surface area contributed by atoms with Gasteiger partial charge in [0.05, 0.1) is 6.42 Å². The molecule has 0 aliphatic rings. The summed E-state index contributed by atoms with van der Waals surface area (Å²) in [6.45, 7) is 2.58. The molecule has 0 spiro atoms. The van der Waals surface area contributed by atoms with Crippen LogP contribution >= 0.6 is 0 Å². The molecule has 3 nitrogen and oxygen atoms in total. The van der Waals surface area contributed by atoms with Gasteiger partial charge in [-0.1, -0.05) is 43.3 Å². The van der Waals surface area contributed by atoms with Gasteiger partial charge in [0.1, 0.15) is 0 Å². The highest BCUT2D eigenvalue weighted by atomic mass is 16.2. The Labute approximate surface area is 126 Å². The van der Waals surface area contributed by atoms with Gasteiger partial charge in [-0.3, -0.25) is 4.79 Å². The first kappa shape index (κ1) is 15.3. The molecular formula is C18H22N2O. The lowest BCUT2D eigenvalue weighted by atomic mass is 10.0. The molecule has 0 saturated heterocycles. The molecule has 3 heteroatoms. The maximum atomic E-state index is 12.4. The van der Waals surface area contributed by atoms with Crippen LogP contribution in [0.1, 0.15) is 23.6 Å². The summed E-state index contributed by atoms with van der Waals surface area (Å²) in [6, 6.07) is 15.9. The van der Waals surface area contributed by atoms with Crippen molar-refractivity contribution in [3.8, 4) is 0 Å². The maximum absolute atomic E-state index is 12.4. The molecule has 0 fully saturated rings. The fourth-order valence-electron chi connectivity index (χ4n) is 2.31. The van der Waals surface area contributed by atoms with Crippen LogP contribution in [-0.2, 0) is 24.2 Å². The zero-order valence-corrected chi connectivity index (χ0v) is 12.7. The second-order valence-corrected chi connectivity index (χ2v) is 5.12. The fourth-order valence-corrected chi connectivity index (χ4v) is 2.31. The van der Waals surface area contributed by atoms with Gasteiger partial charge in [-0.25, -0.2) is 0 Å². The van der Waals surface area contributed by atoms with E-state index in [2.05, 4.69) is 19.1 Å². The highest BCUT2D eigenvalue weighted by Gasteiger charge is 2.13. The number of anilines is 1. The van der Waals surface area contributed by atoms with Gasteiger partial charge < -0.3 is 10.6 Å². The zero-order valence-electron chi connectivity index (χ0n) is 12.7. The summed E-state index contributed by atoms with van der Waals surface area (Å²) in [5.41, 5.74) is 9.94. The Bertz CT molecular complexity index is 605. The third-order valence-electron chi connectivity index (χ3n) is 3.79. The average Bonchev–Trinajstić information content (AvgIpc) is 2.54. The maximum Gasteiger partial charge on any atom is 0.231 e. The third-order valence-corrected chi connectivity index (χ3v) is 3.79. The van der Waals surface area contributed by atoms with E-state index in [1.807, 2.05) is 43.4 Å². The summed E-state index contributed by atoms with van der Waals surface area (Å²) in [4.78, 5) is 14.1. The fraction of sp³-hybridized carbons (Fsp3) is 0.278. The van der Waals surface area contributed by atoms with Gasteiger partial charge in [0.2, 0.25) is 5.91 Å². The number of carbonyl (C=O) groups excluding carboxylic acids is 1. The van der Waals surface area contributed by atoms with Crippen LogP contribution in [0, 0.1) is 0 Å². The summed E-state index contributed by atoms with van der Waals surface area (Å²) in [7, 11) is 1.81. The first-order valence-corrected chi connectivity index (χ1v) is 7.28. The second-order valence-electron chi connectivity index (χ2n) is 5.12. The topological polar surface area (TPSA) is 46.3 Å². The number of aryl methyl sites for hydroxylation is 1. The third kappa shape index (κ3) is 3.70. The van der Waals surface area contributed by atoms with Gasteiger partial charge in [-0.15, -0.1) is 0 Å². The second kappa shape index (κ2) is 7.04. The Balaban J connectivity index is 2.11. The van der Waals surface area contributed by atoms with E-state index >= 15 is 0 Å². The van der Waals surface area contributed by atoms with E-state index in [0.717, 1.165) is 23.2 Å². The van der Waals surface area contributed by atoms with Gasteiger partial charge >= 0.3 is 0 Å². The Kier molecular flexibility index (Phi) is 5.12. The molecule has 1 amide bonds. The molecule has 0 saturated carbocycles. The standard InChI is InChI=1S/C18H22N2O/c1-3-14-8-10-17(11-9-14)20(2)18(21)12-15-6-4-5-7-16(15)13-19/h4-11H,3,12-13,19H2,1-2H3. The minimum atomic E-state index is 0.0696. The Morgan fingerprint density at radius 2 is 1.67 bits per heavy atom. The smallest absolute Gasteiger partial charge is 0.231 e. The van der Waals surface area contributed by atoms with Crippen LogP contribution in [-0.4, -0.2) is 13.0 Å². The quantitative estimate of drug-likeness (QED) is 0.916. The molecule has 0 radical (unpaired) electrons. The lowest BCUT2D eigenvalue weighted by Gasteiger charge is -2.18. The number of benzene rings is 2. The summed E-state index contributed by atoms with van der Waals surface area (Å²) >= 11 is 0.